The number of anilines is 1. The van der Waals surface area contributed by atoms with Gasteiger partial charge in [-0.25, -0.2) is 0 Å². The Balaban J connectivity index is 2.06. The normalized spacial score (nSPS) is 16.2. The Hall–Kier alpha value is -1.79. The minimum atomic E-state index is -0.0648. The summed E-state index contributed by atoms with van der Waals surface area (Å²) in [6, 6.07) is 5.23. The predicted octanol–water partition coefficient (Wildman–Crippen LogP) is 0.0275. The molecular formula is C14H21N3O3. The Labute approximate surface area is 118 Å². The van der Waals surface area contributed by atoms with Gasteiger partial charge in [-0.1, -0.05) is 6.07 Å². The number of piperazine rings is 1. The number of nitrogens with zero attached hydrogens (tertiary/aromatic N) is 2. The first kappa shape index (κ1) is 14.6. The third kappa shape index (κ3) is 3.02. The minimum absolute atomic E-state index is 0.0648. The molecule has 20 heavy (non-hydrogen) atoms. The first-order valence-electron chi connectivity index (χ1n) is 6.72. The molecule has 3 N–H and O–H groups in total. The van der Waals surface area contributed by atoms with E-state index in [2.05, 4.69) is 4.90 Å². The zero-order valence-corrected chi connectivity index (χ0v) is 11.7. The van der Waals surface area contributed by atoms with Crippen LogP contribution in [0.1, 0.15) is 10.4 Å². The molecule has 6 nitrogen and oxygen atoms in total. The van der Waals surface area contributed by atoms with Crippen molar-refractivity contribution in [3.63, 3.8) is 0 Å². The predicted molar refractivity (Wildman–Crippen MR) is 76.8 cm³/mol. The molecule has 1 fully saturated rings. The van der Waals surface area contributed by atoms with Crippen molar-refractivity contribution in [3.05, 3.63) is 23.8 Å². The Morgan fingerprint density at radius 2 is 2.05 bits per heavy atom. The van der Waals surface area contributed by atoms with Crippen molar-refractivity contribution in [2.24, 2.45) is 0 Å². The van der Waals surface area contributed by atoms with E-state index in [0.717, 1.165) is 13.1 Å². The lowest BCUT2D eigenvalue weighted by atomic mass is 10.1. The average Bonchev–Trinajstić information content (AvgIpc) is 2.48. The van der Waals surface area contributed by atoms with Gasteiger partial charge in [0.05, 0.1) is 25.0 Å². The van der Waals surface area contributed by atoms with E-state index in [-0.39, 0.29) is 12.5 Å². The van der Waals surface area contributed by atoms with E-state index in [1.54, 1.807) is 23.1 Å². The molecule has 1 aliphatic rings. The zero-order valence-electron chi connectivity index (χ0n) is 11.7. The number of β-amino-alcohol motifs (C(OH)–C–C–N with tert-alkyl or cyclic N) is 1. The van der Waals surface area contributed by atoms with Gasteiger partial charge in [-0.3, -0.25) is 9.69 Å². The topological polar surface area (TPSA) is 79.0 Å². The first-order chi connectivity index (χ1) is 9.67. The van der Waals surface area contributed by atoms with Gasteiger partial charge in [0.25, 0.3) is 5.91 Å². The summed E-state index contributed by atoms with van der Waals surface area (Å²) in [6.07, 6.45) is 0. The quantitative estimate of drug-likeness (QED) is 0.760. The second-order valence-corrected chi connectivity index (χ2v) is 4.78. The zero-order chi connectivity index (χ0) is 14.5. The number of hydrogen-bond acceptors (Lipinski definition) is 5. The van der Waals surface area contributed by atoms with Crippen LogP contribution in [-0.2, 0) is 0 Å². The van der Waals surface area contributed by atoms with E-state index >= 15 is 0 Å². The van der Waals surface area contributed by atoms with Crippen LogP contribution in [0.15, 0.2) is 18.2 Å². The number of nitrogen functional groups attached to an aromatic ring is 1. The van der Waals surface area contributed by atoms with Crippen LogP contribution in [0.25, 0.3) is 0 Å². The van der Waals surface area contributed by atoms with E-state index in [0.29, 0.717) is 36.6 Å². The number of nitrogens with two attached hydrogens (primary N) is 1. The summed E-state index contributed by atoms with van der Waals surface area (Å²) in [5.41, 5.74) is 6.83. The van der Waals surface area contributed by atoms with Crippen molar-refractivity contribution in [2.75, 3.05) is 52.2 Å². The van der Waals surface area contributed by atoms with Gasteiger partial charge in [-0.15, -0.1) is 0 Å². The van der Waals surface area contributed by atoms with Crippen LogP contribution < -0.4 is 10.5 Å². The van der Waals surface area contributed by atoms with Crippen LogP contribution in [0.3, 0.4) is 0 Å². The molecule has 1 aromatic rings. The number of hydrogen-bond donors (Lipinski definition) is 2. The lowest BCUT2D eigenvalue weighted by Gasteiger charge is -2.34. The number of benzene rings is 1. The third-order valence-electron chi connectivity index (χ3n) is 3.59. The maximum atomic E-state index is 12.5. The largest absolute Gasteiger partial charge is 0.495 e. The number of amides is 1. The summed E-state index contributed by atoms with van der Waals surface area (Å²) in [5.74, 6) is 0.458. The molecule has 110 valence electrons. The highest BCUT2D eigenvalue weighted by atomic mass is 16.5. The summed E-state index contributed by atoms with van der Waals surface area (Å²) in [6.45, 7) is 3.65. The van der Waals surface area contributed by atoms with Crippen molar-refractivity contribution in [1.29, 1.82) is 0 Å². The highest BCUT2D eigenvalue weighted by Crippen LogP contribution is 2.26. The van der Waals surface area contributed by atoms with E-state index in [4.69, 9.17) is 15.6 Å². The van der Waals surface area contributed by atoms with Crippen molar-refractivity contribution in [2.45, 2.75) is 0 Å². The molecule has 0 bridgehead atoms. The fraction of sp³-hybridized carbons (Fsp3) is 0.500. The third-order valence-corrected chi connectivity index (χ3v) is 3.59. The first-order valence-corrected chi connectivity index (χ1v) is 6.72. The van der Waals surface area contributed by atoms with Crippen LogP contribution in [0, 0.1) is 0 Å². The number of para-hydroxylation sites is 1. The van der Waals surface area contributed by atoms with Gasteiger partial charge in [-0.2, -0.15) is 0 Å². The summed E-state index contributed by atoms with van der Waals surface area (Å²) in [5, 5.41) is 8.91. The van der Waals surface area contributed by atoms with E-state index in [1.807, 2.05) is 0 Å². The molecule has 1 aliphatic heterocycles. The molecule has 1 amide bonds. The lowest BCUT2D eigenvalue weighted by Crippen LogP contribution is -2.49. The van der Waals surface area contributed by atoms with Crippen LogP contribution in [0.4, 0.5) is 5.69 Å². The van der Waals surface area contributed by atoms with Crippen LogP contribution >= 0.6 is 0 Å². The fourth-order valence-electron chi connectivity index (χ4n) is 2.39. The van der Waals surface area contributed by atoms with Gasteiger partial charge in [0, 0.05) is 32.7 Å². The maximum Gasteiger partial charge on any atom is 0.256 e. The molecule has 0 radical (unpaired) electrons. The molecule has 1 aromatic carbocycles. The molecule has 6 heteroatoms. The molecule has 1 saturated heterocycles. The van der Waals surface area contributed by atoms with Crippen LogP contribution in [0.5, 0.6) is 5.75 Å². The number of ether oxygens (including phenoxy) is 1. The number of aliphatic hydroxyl groups is 1. The standard InChI is InChI=1S/C14H21N3O3/c1-20-12-4-2-3-11(13(12)15)14(19)17-7-5-16(6-8-17)9-10-18/h2-4,18H,5-10,15H2,1H3. The Morgan fingerprint density at radius 1 is 1.35 bits per heavy atom. The van der Waals surface area contributed by atoms with Crippen molar-refractivity contribution in [3.8, 4) is 5.75 Å². The van der Waals surface area contributed by atoms with Crippen molar-refractivity contribution >= 4 is 11.6 Å². The minimum Gasteiger partial charge on any atom is -0.495 e. The SMILES string of the molecule is COc1cccc(C(=O)N2CCN(CCO)CC2)c1N. The van der Waals surface area contributed by atoms with Gasteiger partial charge in [-0.05, 0) is 12.1 Å². The van der Waals surface area contributed by atoms with Gasteiger partial charge >= 0.3 is 0 Å². The molecular weight excluding hydrogens is 258 g/mol. The van der Waals surface area contributed by atoms with Gasteiger partial charge in [0.1, 0.15) is 5.75 Å². The van der Waals surface area contributed by atoms with Crippen LogP contribution in [-0.4, -0.2) is 67.3 Å². The molecule has 1 heterocycles. The maximum absolute atomic E-state index is 12.5. The smallest absolute Gasteiger partial charge is 0.256 e. The average molecular weight is 279 g/mol. The fourth-order valence-corrected chi connectivity index (χ4v) is 2.39. The molecule has 0 saturated carbocycles. The molecule has 0 unspecified atom stereocenters. The van der Waals surface area contributed by atoms with Crippen molar-refractivity contribution in [1.82, 2.24) is 9.80 Å². The molecule has 2 rings (SSSR count). The number of rotatable bonds is 4. The summed E-state index contributed by atoms with van der Waals surface area (Å²) >= 11 is 0. The number of aliphatic hydroxyl groups excluding tert-OH is 1. The Bertz CT molecular complexity index is 471. The molecule has 0 spiro atoms. The second kappa shape index (κ2) is 6.58. The van der Waals surface area contributed by atoms with Crippen molar-refractivity contribution < 1.29 is 14.6 Å². The van der Waals surface area contributed by atoms with Gasteiger partial charge in [0.15, 0.2) is 0 Å². The highest BCUT2D eigenvalue weighted by Gasteiger charge is 2.23. The lowest BCUT2D eigenvalue weighted by molar-refractivity contribution is 0.0615. The second-order valence-electron chi connectivity index (χ2n) is 4.78. The Morgan fingerprint density at radius 3 is 2.65 bits per heavy atom. The monoisotopic (exact) mass is 279 g/mol. The van der Waals surface area contributed by atoms with Gasteiger partial charge in [0.2, 0.25) is 0 Å². The summed E-state index contributed by atoms with van der Waals surface area (Å²) in [7, 11) is 1.54. The molecule has 0 atom stereocenters. The highest BCUT2D eigenvalue weighted by molar-refractivity contribution is 6.00. The van der Waals surface area contributed by atoms with E-state index < -0.39 is 0 Å². The number of methoxy groups -OCH3 is 1. The number of carbonyl (C=O) groups is 1. The Kier molecular flexibility index (Phi) is 4.81. The number of carbonyl (C=O) groups excluding carboxylic acids is 1. The van der Waals surface area contributed by atoms with Gasteiger partial charge < -0.3 is 20.5 Å². The molecule has 0 aromatic heterocycles. The molecule has 0 aliphatic carbocycles. The van der Waals surface area contributed by atoms with Crippen LogP contribution in [0.2, 0.25) is 0 Å². The summed E-state index contributed by atoms with van der Waals surface area (Å²) < 4.78 is 5.14. The van der Waals surface area contributed by atoms with E-state index in [1.165, 1.54) is 7.11 Å². The van der Waals surface area contributed by atoms with E-state index in [9.17, 15) is 4.79 Å². The summed E-state index contributed by atoms with van der Waals surface area (Å²) in [4.78, 5) is 16.4.